The first-order valence-corrected chi connectivity index (χ1v) is 11.2. The lowest BCUT2D eigenvalue weighted by atomic mass is 10.0. The number of hydrogen-bond acceptors (Lipinski definition) is 3. The first-order chi connectivity index (χ1) is 17.3. The van der Waals surface area contributed by atoms with Crippen LogP contribution in [-0.4, -0.2) is 15.9 Å². The number of H-pyrrole nitrogens is 1. The maximum Gasteiger partial charge on any atom is 0.416 e. The molecule has 1 amide bonds. The van der Waals surface area contributed by atoms with Gasteiger partial charge in [0.05, 0.1) is 5.56 Å². The van der Waals surface area contributed by atoms with Crippen molar-refractivity contribution < 1.29 is 18.0 Å². The highest BCUT2D eigenvalue weighted by molar-refractivity contribution is 6.04. The van der Waals surface area contributed by atoms with Gasteiger partial charge in [-0.1, -0.05) is 42.5 Å². The molecule has 36 heavy (non-hydrogen) atoms. The monoisotopic (exact) mass is 486 g/mol. The van der Waals surface area contributed by atoms with E-state index in [1.807, 2.05) is 61.7 Å². The SMILES string of the molecule is Cc1ccc(NC(=O)c2cccc(C(F)(F)F)c2)cc1Nc1cc(-c2ccccc2)c2cc[nH]c2n1. The Morgan fingerprint density at radius 2 is 1.72 bits per heavy atom. The minimum absolute atomic E-state index is 0.0775. The van der Waals surface area contributed by atoms with E-state index < -0.39 is 17.6 Å². The Kier molecular flexibility index (Phi) is 5.93. The van der Waals surface area contributed by atoms with Gasteiger partial charge in [0.2, 0.25) is 0 Å². The highest BCUT2D eigenvalue weighted by atomic mass is 19.4. The van der Waals surface area contributed by atoms with Crippen LogP contribution in [-0.2, 0) is 6.18 Å². The zero-order valence-electron chi connectivity index (χ0n) is 19.1. The molecular weight excluding hydrogens is 465 g/mol. The molecule has 3 aromatic carbocycles. The molecule has 0 fully saturated rings. The van der Waals surface area contributed by atoms with Crippen LogP contribution in [0.1, 0.15) is 21.5 Å². The van der Waals surface area contributed by atoms with E-state index in [4.69, 9.17) is 0 Å². The second kappa shape index (κ2) is 9.22. The molecule has 0 saturated heterocycles. The number of alkyl halides is 3. The fourth-order valence-corrected chi connectivity index (χ4v) is 3.97. The number of anilines is 3. The number of hydrogen-bond donors (Lipinski definition) is 3. The molecular formula is C28H21F3N4O. The number of nitrogens with one attached hydrogen (secondary N) is 3. The molecule has 0 aliphatic rings. The van der Waals surface area contributed by atoms with Gasteiger partial charge < -0.3 is 15.6 Å². The summed E-state index contributed by atoms with van der Waals surface area (Å²) in [6, 6.07) is 23.5. The third-order valence-electron chi connectivity index (χ3n) is 5.82. The lowest BCUT2D eigenvalue weighted by Crippen LogP contribution is -2.14. The topological polar surface area (TPSA) is 69.8 Å². The van der Waals surface area contributed by atoms with Crippen molar-refractivity contribution in [3.63, 3.8) is 0 Å². The summed E-state index contributed by atoms with van der Waals surface area (Å²) in [4.78, 5) is 20.5. The maximum atomic E-state index is 13.0. The smallest absolute Gasteiger partial charge is 0.346 e. The van der Waals surface area contributed by atoms with E-state index in [1.54, 1.807) is 12.1 Å². The van der Waals surface area contributed by atoms with Crippen molar-refractivity contribution in [2.45, 2.75) is 13.1 Å². The van der Waals surface area contributed by atoms with Gasteiger partial charge in [0, 0.05) is 28.5 Å². The van der Waals surface area contributed by atoms with Crippen LogP contribution in [0.5, 0.6) is 0 Å². The third-order valence-corrected chi connectivity index (χ3v) is 5.82. The second-order valence-electron chi connectivity index (χ2n) is 8.35. The van der Waals surface area contributed by atoms with Crippen LogP contribution >= 0.6 is 0 Å². The summed E-state index contributed by atoms with van der Waals surface area (Å²) in [7, 11) is 0. The van der Waals surface area contributed by atoms with Gasteiger partial charge in [-0.15, -0.1) is 0 Å². The highest BCUT2D eigenvalue weighted by Crippen LogP contribution is 2.32. The summed E-state index contributed by atoms with van der Waals surface area (Å²) in [5, 5.41) is 6.99. The Morgan fingerprint density at radius 1 is 0.917 bits per heavy atom. The van der Waals surface area contributed by atoms with Crippen LogP contribution in [0.4, 0.5) is 30.4 Å². The number of fused-ring (bicyclic) bond motifs is 1. The van der Waals surface area contributed by atoms with Gasteiger partial charge in [-0.05, 0) is 66.1 Å². The average Bonchev–Trinajstić information content (AvgIpc) is 3.34. The van der Waals surface area contributed by atoms with E-state index in [0.29, 0.717) is 17.2 Å². The highest BCUT2D eigenvalue weighted by Gasteiger charge is 2.30. The van der Waals surface area contributed by atoms with Gasteiger partial charge in [-0.25, -0.2) is 4.98 Å². The van der Waals surface area contributed by atoms with Crippen LogP contribution in [0.3, 0.4) is 0 Å². The molecule has 8 heteroatoms. The Balaban J connectivity index is 1.43. The molecule has 0 bridgehead atoms. The molecule has 0 unspecified atom stereocenters. The van der Waals surface area contributed by atoms with Gasteiger partial charge in [0.25, 0.3) is 5.91 Å². The second-order valence-corrected chi connectivity index (χ2v) is 8.35. The molecule has 180 valence electrons. The Hall–Kier alpha value is -4.59. The zero-order chi connectivity index (χ0) is 25.3. The van der Waals surface area contributed by atoms with E-state index in [-0.39, 0.29) is 5.56 Å². The predicted octanol–water partition coefficient (Wildman–Crippen LogP) is 7.55. The Morgan fingerprint density at radius 3 is 2.50 bits per heavy atom. The molecule has 0 aliphatic carbocycles. The molecule has 0 radical (unpaired) electrons. The van der Waals surface area contributed by atoms with E-state index in [9.17, 15) is 18.0 Å². The lowest BCUT2D eigenvalue weighted by Gasteiger charge is -2.14. The fraction of sp³-hybridized carbons (Fsp3) is 0.0714. The number of aromatic nitrogens is 2. The molecule has 5 rings (SSSR count). The summed E-state index contributed by atoms with van der Waals surface area (Å²) in [5.41, 5.74) is 3.88. The minimum Gasteiger partial charge on any atom is -0.346 e. The Labute approximate surface area is 205 Å². The quantitative estimate of drug-likeness (QED) is 0.240. The van der Waals surface area contributed by atoms with Gasteiger partial charge in [-0.2, -0.15) is 13.2 Å². The van der Waals surface area contributed by atoms with Crippen molar-refractivity contribution in [3.8, 4) is 11.1 Å². The molecule has 0 aliphatic heterocycles. The molecule has 3 N–H and O–H groups in total. The number of benzene rings is 3. The van der Waals surface area contributed by atoms with Crippen molar-refractivity contribution in [1.29, 1.82) is 0 Å². The van der Waals surface area contributed by atoms with Gasteiger partial charge in [-0.3, -0.25) is 4.79 Å². The lowest BCUT2D eigenvalue weighted by molar-refractivity contribution is -0.137. The summed E-state index contributed by atoms with van der Waals surface area (Å²) in [6.07, 6.45) is -2.69. The van der Waals surface area contributed by atoms with Crippen LogP contribution in [0.15, 0.2) is 91.1 Å². The normalized spacial score (nSPS) is 11.4. The summed E-state index contributed by atoms with van der Waals surface area (Å²) >= 11 is 0. The molecule has 0 atom stereocenters. The van der Waals surface area contributed by atoms with Crippen molar-refractivity contribution in [1.82, 2.24) is 9.97 Å². The standard InChI is InChI=1S/C28H21F3N4O/c1-17-10-11-21(33-27(36)19-8-5-9-20(14-19)28(29,30)31)15-24(17)34-25-16-23(18-6-3-2-4-7-18)22-12-13-32-26(22)35-25/h2-16H,1H3,(H,33,36)(H2,32,34,35). The van der Waals surface area contributed by atoms with Crippen molar-refractivity contribution >= 4 is 34.1 Å². The van der Waals surface area contributed by atoms with E-state index >= 15 is 0 Å². The number of pyridine rings is 1. The van der Waals surface area contributed by atoms with Crippen LogP contribution in [0.25, 0.3) is 22.2 Å². The van der Waals surface area contributed by atoms with Crippen LogP contribution in [0, 0.1) is 6.92 Å². The maximum absolute atomic E-state index is 13.0. The number of halogens is 3. The van der Waals surface area contributed by atoms with Crippen molar-refractivity contribution in [3.05, 3.63) is 108 Å². The first-order valence-electron chi connectivity index (χ1n) is 11.2. The number of carbonyl (C=O) groups excluding carboxylic acids is 1. The molecule has 5 aromatic rings. The first kappa shape index (κ1) is 23.2. The molecule has 2 aromatic heterocycles. The van der Waals surface area contributed by atoms with Crippen LogP contribution < -0.4 is 10.6 Å². The summed E-state index contributed by atoms with van der Waals surface area (Å²) in [5.74, 6) is -0.0264. The minimum atomic E-state index is -4.52. The number of rotatable bonds is 5. The number of nitrogens with zero attached hydrogens (tertiary/aromatic N) is 1. The predicted molar refractivity (Wildman–Crippen MR) is 135 cm³/mol. The third kappa shape index (κ3) is 4.79. The fourth-order valence-electron chi connectivity index (χ4n) is 3.97. The van der Waals surface area contributed by atoms with Crippen LogP contribution in [0.2, 0.25) is 0 Å². The largest absolute Gasteiger partial charge is 0.416 e. The van der Waals surface area contributed by atoms with Crippen molar-refractivity contribution in [2.75, 3.05) is 10.6 Å². The summed E-state index contributed by atoms with van der Waals surface area (Å²) < 4.78 is 39.1. The molecule has 0 saturated carbocycles. The van der Waals surface area contributed by atoms with Gasteiger partial charge in [0.15, 0.2) is 0 Å². The van der Waals surface area contributed by atoms with E-state index in [0.717, 1.165) is 39.9 Å². The number of aromatic amines is 1. The molecule has 0 spiro atoms. The Bertz CT molecular complexity index is 1560. The van der Waals surface area contributed by atoms with Crippen molar-refractivity contribution in [2.24, 2.45) is 0 Å². The number of amides is 1. The number of carbonyl (C=O) groups is 1. The van der Waals surface area contributed by atoms with E-state index in [1.165, 1.54) is 12.1 Å². The van der Waals surface area contributed by atoms with Gasteiger partial charge in [0.1, 0.15) is 11.5 Å². The van der Waals surface area contributed by atoms with E-state index in [2.05, 4.69) is 20.6 Å². The average molecular weight is 486 g/mol. The van der Waals surface area contributed by atoms with Gasteiger partial charge >= 0.3 is 6.18 Å². The zero-order valence-corrected chi connectivity index (χ0v) is 19.1. The molecule has 2 heterocycles. The molecule has 5 nitrogen and oxygen atoms in total. The number of aryl methyl sites for hydroxylation is 1. The summed E-state index contributed by atoms with van der Waals surface area (Å²) in [6.45, 7) is 1.91.